The molecule has 1 unspecified atom stereocenters. The summed E-state index contributed by atoms with van der Waals surface area (Å²) in [5, 5.41) is 0. The topological polar surface area (TPSA) is 68.3 Å². The Morgan fingerprint density at radius 2 is 1.59 bits per heavy atom. The van der Waals surface area contributed by atoms with E-state index in [9.17, 15) is 14.0 Å². The molecule has 0 aliphatic heterocycles. The number of carbonyl (C=O) groups excluding carboxylic acids is 2. The van der Waals surface area contributed by atoms with Crippen LogP contribution in [0.4, 0.5) is 14.0 Å². The van der Waals surface area contributed by atoms with Crippen LogP contribution in [-0.4, -0.2) is 55.3 Å². The van der Waals surface area contributed by atoms with E-state index in [1.54, 1.807) is 66.2 Å². The second kappa shape index (κ2) is 10.8. The van der Waals surface area contributed by atoms with Crippen LogP contribution in [-0.2, 0) is 4.74 Å². The van der Waals surface area contributed by atoms with Gasteiger partial charge in [-0.05, 0) is 51.1 Å². The van der Waals surface area contributed by atoms with Crippen molar-refractivity contribution in [2.24, 2.45) is 0 Å². The highest BCUT2D eigenvalue weighted by atomic mass is 19.1. The molecule has 0 aliphatic rings. The molecule has 174 valence electrons. The molecule has 1 atom stereocenters. The van der Waals surface area contributed by atoms with Crippen LogP contribution in [0.2, 0.25) is 0 Å². The molecule has 2 amide bonds. The van der Waals surface area contributed by atoms with Gasteiger partial charge < -0.3 is 24.0 Å². The van der Waals surface area contributed by atoms with Crippen molar-refractivity contribution in [3.05, 3.63) is 59.9 Å². The van der Waals surface area contributed by atoms with Crippen molar-refractivity contribution in [2.75, 3.05) is 27.7 Å². The van der Waals surface area contributed by atoms with Crippen molar-refractivity contribution in [2.45, 2.75) is 38.8 Å². The number of rotatable bonds is 7. The lowest BCUT2D eigenvalue weighted by Crippen LogP contribution is -2.37. The summed E-state index contributed by atoms with van der Waals surface area (Å²) in [6.45, 7) is 5.61. The van der Waals surface area contributed by atoms with Crippen molar-refractivity contribution in [1.82, 2.24) is 9.80 Å². The Bertz CT molecular complexity index is 909. The van der Waals surface area contributed by atoms with Gasteiger partial charge in [0.1, 0.15) is 22.9 Å². The van der Waals surface area contributed by atoms with Gasteiger partial charge in [0.05, 0.1) is 12.6 Å². The lowest BCUT2D eigenvalue weighted by atomic mass is 10.0. The molecule has 0 bridgehead atoms. The molecule has 7 nitrogen and oxygen atoms in total. The summed E-state index contributed by atoms with van der Waals surface area (Å²) in [5.74, 6) is 0.502. The van der Waals surface area contributed by atoms with Gasteiger partial charge in [-0.15, -0.1) is 0 Å². The smallest absolute Gasteiger partial charge is 0.414 e. The first-order valence-corrected chi connectivity index (χ1v) is 10.3. The first kappa shape index (κ1) is 25.0. The zero-order chi connectivity index (χ0) is 23.9. The molecule has 0 saturated heterocycles. The highest BCUT2D eigenvalue weighted by molar-refractivity contribution is 5.71. The second-order valence-corrected chi connectivity index (χ2v) is 8.50. The predicted molar refractivity (Wildman–Crippen MR) is 119 cm³/mol. The fraction of sp³-hybridized carbons (Fsp3) is 0.417. The molecule has 0 fully saturated rings. The summed E-state index contributed by atoms with van der Waals surface area (Å²) in [4.78, 5) is 27.7. The Labute approximate surface area is 188 Å². The third kappa shape index (κ3) is 7.44. The summed E-state index contributed by atoms with van der Waals surface area (Å²) in [7, 11) is 4.80. The molecule has 0 heterocycles. The highest BCUT2D eigenvalue weighted by Gasteiger charge is 2.29. The Morgan fingerprint density at radius 1 is 0.969 bits per heavy atom. The summed E-state index contributed by atoms with van der Waals surface area (Å²) in [6, 6.07) is 12.2. The molecule has 0 radical (unpaired) electrons. The van der Waals surface area contributed by atoms with Crippen LogP contribution in [0, 0.1) is 5.82 Å². The largest absolute Gasteiger partial charge is 0.494 e. The number of carbonyl (C=O) groups is 2. The molecule has 0 aromatic heterocycles. The number of para-hydroxylation sites is 1. The summed E-state index contributed by atoms with van der Waals surface area (Å²) < 4.78 is 29.9. The van der Waals surface area contributed by atoms with Crippen molar-refractivity contribution in [3.8, 4) is 11.5 Å². The molecule has 2 aromatic rings. The molecule has 0 N–H and O–H groups in total. The first-order chi connectivity index (χ1) is 15.0. The minimum Gasteiger partial charge on any atom is -0.494 e. The number of hydrogen-bond donors (Lipinski definition) is 0. The third-order valence-electron chi connectivity index (χ3n) is 4.46. The lowest BCUT2D eigenvalue weighted by Gasteiger charge is -2.32. The highest BCUT2D eigenvalue weighted by Crippen LogP contribution is 2.32. The number of nitrogens with zero attached hydrogens (tertiary/aromatic N) is 2. The monoisotopic (exact) mass is 446 g/mol. The maximum Gasteiger partial charge on any atom is 0.414 e. The van der Waals surface area contributed by atoms with Gasteiger partial charge in [-0.1, -0.05) is 18.2 Å². The van der Waals surface area contributed by atoms with Crippen LogP contribution < -0.4 is 9.47 Å². The Balaban J connectivity index is 2.28. The van der Waals surface area contributed by atoms with Crippen LogP contribution in [0.3, 0.4) is 0 Å². The normalized spacial score (nSPS) is 12.0. The van der Waals surface area contributed by atoms with E-state index in [-0.39, 0.29) is 12.4 Å². The van der Waals surface area contributed by atoms with Gasteiger partial charge in [0.15, 0.2) is 0 Å². The number of halogens is 1. The first-order valence-electron chi connectivity index (χ1n) is 10.3. The summed E-state index contributed by atoms with van der Waals surface area (Å²) >= 11 is 0. The van der Waals surface area contributed by atoms with Crippen LogP contribution in [0.15, 0.2) is 48.5 Å². The number of ether oxygens (including phenoxy) is 3. The molecular formula is C24H31FN2O5. The molecule has 8 heteroatoms. The maximum absolute atomic E-state index is 13.1. The van der Waals surface area contributed by atoms with Crippen molar-refractivity contribution >= 4 is 12.2 Å². The zero-order valence-electron chi connectivity index (χ0n) is 19.4. The van der Waals surface area contributed by atoms with Gasteiger partial charge in [0, 0.05) is 33.1 Å². The Hall–Kier alpha value is -3.29. The van der Waals surface area contributed by atoms with Gasteiger partial charge in [-0.2, -0.15) is 0 Å². The Morgan fingerprint density at radius 3 is 2.19 bits per heavy atom. The fourth-order valence-corrected chi connectivity index (χ4v) is 2.87. The molecule has 2 rings (SSSR count). The average Bonchev–Trinajstić information content (AvgIpc) is 2.71. The second-order valence-electron chi connectivity index (χ2n) is 8.50. The summed E-state index contributed by atoms with van der Waals surface area (Å²) in [5.41, 5.74) is -0.0315. The number of benzene rings is 2. The molecule has 0 spiro atoms. The lowest BCUT2D eigenvalue weighted by molar-refractivity contribution is 0.0199. The predicted octanol–water partition coefficient (Wildman–Crippen LogP) is 5.26. The van der Waals surface area contributed by atoms with Gasteiger partial charge in [0.2, 0.25) is 0 Å². The quantitative estimate of drug-likeness (QED) is 0.580. The van der Waals surface area contributed by atoms with Crippen LogP contribution in [0.1, 0.15) is 38.8 Å². The van der Waals surface area contributed by atoms with E-state index in [0.29, 0.717) is 23.5 Å². The van der Waals surface area contributed by atoms with Gasteiger partial charge in [-0.25, -0.2) is 14.0 Å². The minimum atomic E-state index is -0.669. The van der Waals surface area contributed by atoms with E-state index < -0.39 is 23.8 Å². The van der Waals surface area contributed by atoms with Crippen LogP contribution in [0.5, 0.6) is 11.5 Å². The molecule has 0 aliphatic carbocycles. The maximum atomic E-state index is 13.1. The number of amides is 2. The van der Waals surface area contributed by atoms with Gasteiger partial charge in [0.25, 0.3) is 0 Å². The van der Waals surface area contributed by atoms with E-state index in [1.165, 1.54) is 34.1 Å². The number of hydrogen-bond acceptors (Lipinski definition) is 5. The van der Waals surface area contributed by atoms with Crippen LogP contribution >= 0.6 is 0 Å². The van der Waals surface area contributed by atoms with Crippen molar-refractivity contribution in [3.63, 3.8) is 0 Å². The van der Waals surface area contributed by atoms with Gasteiger partial charge in [-0.3, -0.25) is 0 Å². The fourth-order valence-electron chi connectivity index (χ4n) is 2.87. The average molecular weight is 447 g/mol. The minimum absolute atomic E-state index is 0.236. The van der Waals surface area contributed by atoms with E-state index >= 15 is 0 Å². The Kier molecular flexibility index (Phi) is 8.46. The molecular weight excluding hydrogens is 415 g/mol. The van der Waals surface area contributed by atoms with Crippen molar-refractivity contribution < 1.29 is 28.2 Å². The van der Waals surface area contributed by atoms with E-state index in [0.717, 1.165) is 0 Å². The standard InChI is InChI=1S/C24H31FN2O5/c1-24(2,3)32-23(29)27(6)20(15-16-30-18-13-11-17(25)12-14-18)19-9-7-8-10-21(19)31-22(28)26(4)5/h7-14,20H,15-16H2,1-6H3. The van der Waals surface area contributed by atoms with E-state index in [1.807, 2.05) is 0 Å². The third-order valence-corrected chi connectivity index (χ3v) is 4.46. The van der Waals surface area contributed by atoms with E-state index in [4.69, 9.17) is 14.2 Å². The molecule has 2 aromatic carbocycles. The molecule has 0 saturated carbocycles. The SMILES string of the molecule is CN(C)C(=O)Oc1ccccc1C(CCOc1ccc(F)cc1)N(C)C(=O)OC(C)(C)C. The zero-order valence-corrected chi connectivity index (χ0v) is 19.4. The van der Waals surface area contributed by atoms with Gasteiger partial charge >= 0.3 is 12.2 Å². The molecule has 32 heavy (non-hydrogen) atoms. The van der Waals surface area contributed by atoms with Crippen molar-refractivity contribution in [1.29, 1.82) is 0 Å². The van der Waals surface area contributed by atoms with E-state index in [2.05, 4.69) is 0 Å². The van der Waals surface area contributed by atoms with Crippen LogP contribution in [0.25, 0.3) is 0 Å². The summed E-state index contributed by atoms with van der Waals surface area (Å²) in [6.07, 6.45) is -0.666.